The first kappa shape index (κ1) is 14.7. The van der Waals surface area contributed by atoms with E-state index in [0.29, 0.717) is 12.8 Å². The standard InChI is InChI=1S/C14H17N3O2.ClH/c18-13-6-5-12(17-13)14(19)16-10-3-4-11-9(8-10)2-1-7-15-11;/h3-4,8,12,15H,1-2,5-7H2,(H,16,19)(H,17,18);1H/t12-;/m1./s1. The van der Waals surface area contributed by atoms with Gasteiger partial charge in [0, 0.05) is 24.3 Å². The van der Waals surface area contributed by atoms with Crippen LogP contribution in [0.2, 0.25) is 0 Å². The minimum atomic E-state index is -0.387. The fraction of sp³-hybridized carbons (Fsp3) is 0.429. The maximum Gasteiger partial charge on any atom is 0.246 e. The Kier molecular flexibility index (Phi) is 4.49. The summed E-state index contributed by atoms with van der Waals surface area (Å²) in [5.74, 6) is -0.177. The number of rotatable bonds is 2. The van der Waals surface area contributed by atoms with Crippen LogP contribution in [0.1, 0.15) is 24.8 Å². The molecule has 1 saturated heterocycles. The van der Waals surface area contributed by atoms with Crippen molar-refractivity contribution in [3.05, 3.63) is 23.8 Å². The lowest BCUT2D eigenvalue weighted by Crippen LogP contribution is -2.37. The van der Waals surface area contributed by atoms with E-state index in [1.54, 1.807) is 0 Å². The van der Waals surface area contributed by atoms with Gasteiger partial charge < -0.3 is 16.0 Å². The average Bonchev–Trinajstić information content (AvgIpc) is 2.85. The van der Waals surface area contributed by atoms with E-state index in [2.05, 4.69) is 16.0 Å². The summed E-state index contributed by atoms with van der Waals surface area (Å²) in [4.78, 5) is 23.1. The first-order valence-electron chi connectivity index (χ1n) is 6.69. The molecule has 0 spiro atoms. The Morgan fingerprint density at radius 3 is 2.90 bits per heavy atom. The fourth-order valence-electron chi connectivity index (χ4n) is 2.59. The van der Waals surface area contributed by atoms with Gasteiger partial charge >= 0.3 is 0 Å². The molecule has 2 aliphatic rings. The topological polar surface area (TPSA) is 70.2 Å². The van der Waals surface area contributed by atoms with Gasteiger partial charge in [-0.1, -0.05) is 0 Å². The third-order valence-electron chi connectivity index (χ3n) is 3.62. The third kappa shape index (κ3) is 3.04. The summed E-state index contributed by atoms with van der Waals surface area (Å²) >= 11 is 0. The lowest BCUT2D eigenvalue weighted by molar-refractivity contribution is -0.122. The van der Waals surface area contributed by atoms with E-state index in [1.807, 2.05) is 18.2 Å². The molecule has 0 saturated carbocycles. The maximum atomic E-state index is 12.0. The molecule has 6 heteroatoms. The summed E-state index contributed by atoms with van der Waals surface area (Å²) in [7, 11) is 0. The van der Waals surface area contributed by atoms with E-state index in [0.717, 1.165) is 30.8 Å². The molecule has 0 radical (unpaired) electrons. The van der Waals surface area contributed by atoms with Crippen molar-refractivity contribution in [2.75, 3.05) is 17.2 Å². The van der Waals surface area contributed by atoms with Crippen LogP contribution in [0.15, 0.2) is 18.2 Å². The normalized spacial score (nSPS) is 20.2. The minimum Gasteiger partial charge on any atom is -0.385 e. The van der Waals surface area contributed by atoms with E-state index in [-0.39, 0.29) is 30.3 Å². The molecule has 3 N–H and O–H groups in total. The number of nitrogens with one attached hydrogen (secondary N) is 3. The molecule has 1 aromatic rings. The SMILES string of the molecule is Cl.O=C1CC[C@H](C(=O)Nc2ccc3c(c2)CCCN3)N1. The lowest BCUT2D eigenvalue weighted by atomic mass is 10.0. The molecule has 5 nitrogen and oxygen atoms in total. The predicted molar refractivity (Wildman–Crippen MR) is 80.3 cm³/mol. The van der Waals surface area contributed by atoms with Crippen molar-refractivity contribution >= 4 is 35.6 Å². The van der Waals surface area contributed by atoms with Crippen molar-refractivity contribution in [1.82, 2.24) is 5.32 Å². The van der Waals surface area contributed by atoms with Gasteiger partial charge in [0.25, 0.3) is 0 Å². The van der Waals surface area contributed by atoms with Gasteiger partial charge in [-0.05, 0) is 43.0 Å². The molecule has 108 valence electrons. The minimum absolute atomic E-state index is 0. The zero-order valence-electron chi connectivity index (χ0n) is 11.1. The van der Waals surface area contributed by atoms with Gasteiger partial charge in [-0.3, -0.25) is 9.59 Å². The monoisotopic (exact) mass is 295 g/mol. The highest BCUT2D eigenvalue weighted by atomic mass is 35.5. The number of carbonyl (C=O) groups is 2. The molecular formula is C14H18ClN3O2. The van der Waals surface area contributed by atoms with Crippen LogP contribution in [0.25, 0.3) is 0 Å². The molecule has 1 fully saturated rings. The van der Waals surface area contributed by atoms with Crippen LogP contribution < -0.4 is 16.0 Å². The highest BCUT2D eigenvalue weighted by molar-refractivity contribution is 5.99. The molecule has 0 bridgehead atoms. The summed E-state index contributed by atoms with van der Waals surface area (Å²) in [5, 5.41) is 8.88. The fourth-order valence-corrected chi connectivity index (χ4v) is 2.59. The highest BCUT2D eigenvalue weighted by Gasteiger charge is 2.27. The van der Waals surface area contributed by atoms with Crippen molar-refractivity contribution in [3.8, 4) is 0 Å². The van der Waals surface area contributed by atoms with Crippen molar-refractivity contribution in [2.45, 2.75) is 31.7 Å². The lowest BCUT2D eigenvalue weighted by Gasteiger charge is -2.19. The van der Waals surface area contributed by atoms with E-state index >= 15 is 0 Å². The second-order valence-corrected chi connectivity index (χ2v) is 5.05. The molecular weight excluding hydrogens is 278 g/mol. The van der Waals surface area contributed by atoms with Gasteiger partial charge in [-0.2, -0.15) is 0 Å². The van der Waals surface area contributed by atoms with Crippen LogP contribution in [-0.2, 0) is 16.0 Å². The van der Waals surface area contributed by atoms with Crippen molar-refractivity contribution in [3.63, 3.8) is 0 Å². The van der Waals surface area contributed by atoms with Crippen molar-refractivity contribution in [1.29, 1.82) is 0 Å². The zero-order chi connectivity index (χ0) is 13.2. The van der Waals surface area contributed by atoms with Crippen LogP contribution in [0.4, 0.5) is 11.4 Å². The number of carbonyl (C=O) groups excluding carboxylic acids is 2. The van der Waals surface area contributed by atoms with Crippen LogP contribution in [0, 0.1) is 0 Å². The third-order valence-corrected chi connectivity index (χ3v) is 3.62. The quantitative estimate of drug-likeness (QED) is 0.777. The largest absolute Gasteiger partial charge is 0.385 e. The first-order chi connectivity index (χ1) is 9.22. The Labute approximate surface area is 123 Å². The Morgan fingerprint density at radius 2 is 2.15 bits per heavy atom. The van der Waals surface area contributed by atoms with Crippen molar-refractivity contribution < 1.29 is 9.59 Å². The molecule has 20 heavy (non-hydrogen) atoms. The van der Waals surface area contributed by atoms with E-state index in [4.69, 9.17) is 0 Å². The molecule has 0 unspecified atom stereocenters. The number of hydrogen-bond acceptors (Lipinski definition) is 3. The summed E-state index contributed by atoms with van der Waals surface area (Å²) in [6.07, 6.45) is 3.17. The van der Waals surface area contributed by atoms with Crippen LogP contribution >= 0.6 is 12.4 Å². The Bertz CT molecular complexity index is 533. The number of halogens is 1. The average molecular weight is 296 g/mol. The number of anilines is 2. The summed E-state index contributed by atoms with van der Waals surface area (Å²) in [6, 6.07) is 5.51. The van der Waals surface area contributed by atoms with Crippen molar-refractivity contribution in [2.24, 2.45) is 0 Å². The number of amides is 2. The molecule has 0 aromatic heterocycles. The molecule has 2 amide bonds. The summed E-state index contributed by atoms with van der Waals surface area (Å²) in [6.45, 7) is 1.01. The van der Waals surface area contributed by atoms with E-state index in [1.165, 1.54) is 5.56 Å². The molecule has 1 atom stereocenters. The second kappa shape index (κ2) is 6.13. The van der Waals surface area contributed by atoms with Crippen LogP contribution in [0.3, 0.4) is 0 Å². The second-order valence-electron chi connectivity index (χ2n) is 5.05. The number of benzene rings is 1. The Balaban J connectivity index is 0.00000147. The van der Waals surface area contributed by atoms with Gasteiger partial charge in [-0.15, -0.1) is 12.4 Å². The molecule has 3 rings (SSSR count). The van der Waals surface area contributed by atoms with E-state index < -0.39 is 0 Å². The highest BCUT2D eigenvalue weighted by Crippen LogP contribution is 2.25. The van der Waals surface area contributed by atoms with Gasteiger partial charge in [0.1, 0.15) is 6.04 Å². The van der Waals surface area contributed by atoms with Crippen LogP contribution in [-0.4, -0.2) is 24.4 Å². The molecule has 1 aromatic carbocycles. The van der Waals surface area contributed by atoms with Gasteiger partial charge in [0.05, 0.1) is 0 Å². The summed E-state index contributed by atoms with van der Waals surface area (Å²) < 4.78 is 0. The van der Waals surface area contributed by atoms with E-state index in [9.17, 15) is 9.59 Å². The Hall–Kier alpha value is -1.75. The smallest absolute Gasteiger partial charge is 0.246 e. The Morgan fingerprint density at radius 1 is 1.30 bits per heavy atom. The predicted octanol–water partition coefficient (Wildman–Crippen LogP) is 1.68. The summed E-state index contributed by atoms with van der Waals surface area (Å²) in [5.41, 5.74) is 3.19. The van der Waals surface area contributed by atoms with Gasteiger partial charge in [0.15, 0.2) is 0 Å². The number of hydrogen-bond donors (Lipinski definition) is 3. The maximum absolute atomic E-state index is 12.0. The van der Waals surface area contributed by atoms with Gasteiger partial charge in [0.2, 0.25) is 11.8 Å². The van der Waals surface area contributed by atoms with Crippen LogP contribution in [0.5, 0.6) is 0 Å². The number of fused-ring (bicyclic) bond motifs is 1. The van der Waals surface area contributed by atoms with Gasteiger partial charge in [-0.25, -0.2) is 0 Å². The molecule has 0 aliphatic carbocycles. The molecule has 2 aliphatic heterocycles. The number of aryl methyl sites for hydroxylation is 1. The first-order valence-corrected chi connectivity index (χ1v) is 6.69. The molecule has 2 heterocycles. The zero-order valence-corrected chi connectivity index (χ0v) is 11.9.